The average Bonchev–Trinajstić information content (AvgIpc) is 2.86. The Kier molecular flexibility index (Phi) is 3.78. The quantitative estimate of drug-likeness (QED) is 0.877. The van der Waals surface area contributed by atoms with Gasteiger partial charge in [0.1, 0.15) is 0 Å². The molecule has 0 bridgehead atoms. The van der Waals surface area contributed by atoms with Crippen molar-refractivity contribution >= 4 is 11.5 Å². The first-order valence-electron chi connectivity index (χ1n) is 7.61. The molecular formula is C17H21N3O. The minimum atomic E-state index is 0.185. The van der Waals surface area contributed by atoms with Gasteiger partial charge in [0.25, 0.3) is 0 Å². The first-order valence-corrected chi connectivity index (χ1v) is 7.61. The Hall–Kier alpha value is -2.10. The second-order valence-electron chi connectivity index (χ2n) is 5.55. The van der Waals surface area contributed by atoms with Gasteiger partial charge in [0.15, 0.2) is 5.78 Å². The van der Waals surface area contributed by atoms with E-state index in [1.807, 2.05) is 29.8 Å². The van der Waals surface area contributed by atoms with Crippen LogP contribution in [0, 0.1) is 6.92 Å². The standard InChI is InChI=1S/C17H21N3O/c1-3-20-13(10-12(2)19-20)11-17(21)15-6-4-8-16-14(15)7-5-9-18-16/h4,6,8,10,18H,3,5,7,9,11H2,1-2H3. The predicted molar refractivity (Wildman–Crippen MR) is 83.9 cm³/mol. The molecule has 2 heterocycles. The second kappa shape index (κ2) is 5.72. The Labute approximate surface area is 125 Å². The van der Waals surface area contributed by atoms with Crippen molar-refractivity contribution in [3.63, 3.8) is 0 Å². The highest BCUT2D eigenvalue weighted by molar-refractivity contribution is 6.00. The second-order valence-corrected chi connectivity index (χ2v) is 5.55. The number of nitrogens with zero attached hydrogens (tertiary/aromatic N) is 2. The van der Waals surface area contributed by atoms with Crippen molar-refractivity contribution in [1.82, 2.24) is 9.78 Å². The minimum Gasteiger partial charge on any atom is -0.385 e. The maximum absolute atomic E-state index is 12.7. The first kappa shape index (κ1) is 13.9. The number of anilines is 1. The number of aromatic nitrogens is 2. The van der Waals surface area contributed by atoms with Crippen LogP contribution < -0.4 is 5.32 Å². The largest absolute Gasteiger partial charge is 0.385 e. The third-order valence-electron chi connectivity index (χ3n) is 4.02. The number of rotatable bonds is 4. The van der Waals surface area contributed by atoms with E-state index in [9.17, 15) is 4.79 Å². The third-order valence-corrected chi connectivity index (χ3v) is 4.02. The summed E-state index contributed by atoms with van der Waals surface area (Å²) < 4.78 is 1.92. The van der Waals surface area contributed by atoms with E-state index in [0.29, 0.717) is 6.42 Å². The summed E-state index contributed by atoms with van der Waals surface area (Å²) in [6, 6.07) is 7.99. The Balaban J connectivity index is 1.89. The highest BCUT2D eigenvalue weighted by Crippen LogP contribution is 2.26. The molecule has 110 valence electrons. The molecule has 2 aromatic rings. The number of carbonyl (C=O) groups is 1. The summed E-state index contributed by atoms with van der Waals surface area (Å²) in [6.45, 7) is 5.81. The topological polar surface area (TPSA) is 46.9 Å². The number of benzene rings is 1. The molecule has 4 nitrogen and oxygen atoms in total. The lowest BCUT2D eigenvalue weighted by atomic mass is 9.93. The average molecular weight is 283 g/mol. The van der Waals surface area contributed by atoms with E-state index in [0.717, 1.165) is 48.6 Å². The maximum Gasteiger partial charge on any atom is 0.169 e. The summed E-state index contributed by atoms with van der Waals surface area (Å²) in [5.41, 5.74) is 5.12. The molecule has 21 heavy (non-hydrogen) atoms. The molecule has 0 saturated carbocycles. The number of fused-ring (bicyclic) bond motifs is 1. The minimum absolute atomic E-state index is 0.185. The van der Waals surface area contributed by atoms with E-state index in [1.165, 1.54) is 5.56 Å². The van der Waals surface area contributed by atoms with Crippen molar-refractivity contribution in [2.75, 3.05) is 11.9 Å². The molecule has 0 radical (unpaired) electrons. The van der Waals surface area contributed by atoms with E-state index in [2.05, 4.69) is 23.4 Å². The summed E-state index contributed by atoms with van der Waals surface area (Å²) in [5, 5.41) is 7.79. The third kappa shape index (κ3) is 2.71. The lowest BCUT2D eigenvalue weighted by Gasteiger charge is -2.20. The smallest absolute Gasteiger partial charge is 0.169 e. The maximum atomic E-state index is 12.7. The van der Waals surface area contributed by atoms with Crippen LogP contribution in [-0.2, 0) is 19.4 Å². The van der Waals surface area contributed by atoms with Gasteiger partial charge >= 0.3 is 0 Å². The predicted octanol–water partition coefficient (Wildman–Crippen LogP) is 2.99. The van der Waals surface area contributed by atoms with Crippen LogP contribution in [0.1, 0.15) is 40.7 Å². The number of nitrogens with one attached hydrogen (secondary N) is 1. The monoisotopic (exact) mass is 283 g/mol. The van der Waals surface area contributed by atoms with Gasteiger partial charge in [0.05, 0.1) is 12.1 Å². The SMILES string of the molecule is CCn1nc(C)cc1CC(=O)c1cccc2c1CCCN2. The molecule has 0 fully saturated rings. The van der Waals surface area contributed by atoms with Crippen LogP contribution in [-0.4, -0.2) is 22.1 Å². The van der Waals surface area contributed by atoms with Crippen LogP contribution in [0.25, 0.3) is 0 Å². The van der Waals surface area contributed by atoms with Gasteiger partial charge in [-0.15, -0.1) is 0 Å². The molecule has 1 aromatic carbocycles. The van der Waals surface area contributed by atoms with Gasteiger partial charge in [-0.05, 0) is 44.4 Å². The summed E-state index contributed by atoms with van der Waals surface area (Å²) in [7, 11) is 0. The van der Waals surface area contributed by atoms with Crippen LogP contribution in [0.15, 0.2) is 24.3 Å². The number of carbonyl (C=O) groups excluding carboxylic acids is 1. The fourth-order valence-electron chi connectivity index (χ4n) is 3.05. The summed E-state index contributed by atoms with van der Waals surface area (Å²) in [6.07, 6.45) is 2.49. The van der Waals surface area contributed by atoms with Crippen LogP contribution >= 0.6 is 0 Å². The highest BCUT2D eigenvalue weighted by atomic mass is 16.1. The highest BCUT2D eigenvalue weighted by Gasteiger charge is 2.18. The molecule has 1 aromatic heterocycles. The molecule has 1 N–H and O–H groups in total. The van der Waals surface area contributed by atoms with Crippen molar-refractivity contribution in [1.29, 1.82) is 0 Å². The van der Waals surface area contributed by atoms with Gasteiger partial charge < -0.3 is 5.32 Å². The number of hydrogen-bond donors (Lipinski definition) is 1. The molecule has 0 saturated heterocycles. The molecule has 1 aliphatic heterocycles. The van der Waals surface area contributed by atoms with Crippen molar-refractivity contribution in [3.8, 4) is 0 Å². The van der Waals surface area contributed by atoms with E-state index in [1.54, 1.807) is 0 Å². The summed E-state index contributed by atoms with van der Waals surface area (Å²) in [5.74, 6) is 0.185. The number of hydrogen-bond acceptors (Lipinski definition) is 3. The van der Waals surface area contributed by atoms with E-state index in [-0.39, 0.29) is 5.78 Å². The molecule has 0 amide bonds. The Morgan fingerprint density at radius 1 is 1.43 bits per heavy atom. The normalized spacial score (nSPS) is 13.6. The molecule has 0 atom stereocenters. The molecule has 3 rings (SSSR count). The van der Waals surface area contributed by atoms with Crippen LogP contribution in [0.2, 0.25) is 0 Å². The zero-order chi connectivity index (χ0) is 14.8. The molecule has 0 unspecified atom stereocenters. The van der Waals surface area contributed by atoms with Crippen molar-refractivity contribution in [2.45, 2.75) is 39.7 Å². The molecule has 0 aliphatic carbocycles. The van der Waals surface area contributed by atoms with Crippen LogP contribution in [0.4, 0.5) is 5.69 Å². The Morgan fingerprint density at radius 3 is 3.10 bits per heavy atom. The van der Waals surface area contributed by atoms with Crippen molar-refractivity contribution in [3.05, 3.63) is 46.8 Å². The zero-order valence-electron chi connectivity index (χ0n) is 12.6. The summed E-state index contributed by atoms with van der Waals surface area (Å²) in [4.78, 5) is 12.7. The molecule has 1 aliphatic rings. The Bertz CT molecular complexity index is 673. The van der Waals surface area contributed by atoms with Gasteiger partial charge in [-0.25, -0.2) is 0 Å². The zero-order valence-corrected chi connectivity index (χ0v) is 12.6. The van der Waals surface area contributed by atoms with Gasteiger partial charge in [-0.1, -0.05) is 12.1 Å². The lowest BCUT2D eigenvalue weighted by Crippen LogP contribution is -2.17. The van der Waals surface area contributed by atoms with Crippen molar-refractivity contribution < 1.29 is 4.79 Å². The first-order chi connectivity index (χ1) is 10.2. The van der Waals surface area contributed by atoms with E-state index < -0.39 is 0 Å². The number of aryl methyl sites for hydroxylation is 2. The van der Waals surface area contributed by atoms with E-state index >= 15 is 0 Å². The Morgan fingerprint density at radius 2 is 2.29 bits per heavy atom. The van der Waals surface area contributed by atoms with Gasteiger partial charge in [-0.2, -0.15) is 5.10 Å². The molecule has 0 spiro atoms. The fraction of sp³-hybridized carbons (Fsp3) is 0.412. The molecule has 4 heteroatoms. The summed E-state index contributed by atoms with van der Waals surface area (Å²) >= 11 is 0. The van der Waals surface area contributed by atoms with Crippen molar-refractivity contribution in [2.24, 2.45) is 0 Å². The van der Waals surface area contributed by atoms with Gasteiger partial charge in [0.2, 0.25) is 0 Å². The molecular weight excluding hydrogens is 262 g/mol. The lowest BCUT2D eigenvalue weighted by molar-refractivity contribution is 0.0989. The van der Waals surface area contributed by atoms with Gasteiger partial charge in [-0.3, -0.25) is 9.48 Å². The number of Topliss-reactive ketones (excluding diaryl/α,β-unsaturated/α-hetero) is 1. The van der Waals surface area contributed by atoms with Crippen LogP contribution in [0.5, 0.6) is 0 Å². The van der Waals surface area contributed by atoms with Gasteiger partial charge in [0, 0.05) is 30.0 Å². The van der Waals surface area contributed by atoms with Crippen LogP contribution in [0.3, 0.4) is 0 Å². The fourth-order valence-corrected chi connectivity index (χ4v) is 3.05. The number of ketones is 1. The van der Waals surface area contributed by atoms with E-state index in [4.69, 9.17) is 0 Å².